The van der Waals surface area contributed by atoms with Gasteiger partial charge in [0.15, 0.2) is 0 Å². The lowest BCUT2D eigenvalue weighted by Gasteiger charge is -2.43. The number of aromatic nitrogens is 3. The molecule has 0 radical (unpaired) electrons. The molecule has 3 N–H and O–H groups in total. The van der Waals surface area contributed by atoms with E-state index in [9.17, 15) is 0 Å². The third kappa shape index (κ3) is 3.33. The maximum absolute atomic E-state index is 15.0. The topological polar surface area (TPSA) is 78.1 Å². The van der Waals surface area contributed by atoms with Crippen molar-refractivity contribution in [1.82, 2.24) is 25.4 Å². The van der Waals surface area contributed by atoms with Crippen LogP contribution >= 0.6 is 0 Å². The van der Waals surface area contributed by atoms with Gasteiger partial charge >= 0.3 is 0 Å². The van der Waals surface area contributed by atoms with Crippen LogP contribution in [0.5, 0.6) is 5.75 Å². The SMILES string of the molecule is COc1cc(NC2CNC2)ncc1[C@@H]1c2ccc3[nH]ncc3c2C[C@@H](C)N1CC1(F)CC1. The van der Waals surface area contributed by atoms with E-state index in [1.807, 2.05) is 18.5 Å². The van der Waals surface area contributed by atoms with Crippen LogP contribution in [0.4, 0.5) is 10.2 Å². The zero-order chi connectivity index (χ0) is 21.9. The number of anilines is 1. The number of aromatic amines is 1. The van der Waals surface area contributed by atoms with E-state index in [1.54, 1.807) is 7.11 Å². The van der Waals surface area contributed by atoms with Crippen LogP contribution in [-0.2, 0) is 6.42 Å². The molecule has 0 unspecified atom stereocenters. The molecule has 2 aromatic heterocycles. The summed E-state index contributed by atoms with van der Waals surface area (Å²) in [6, 6.07) is 6.66. The number of H-pyrrole nitrogens is 1. The van der Waals surface area contributed by atoms with Crippen molar-refractivity contribution in [2.45, 2.75) is 50.0 Å². The first kappa shape index (κ1) is 19.9. The van der Waals surface area contributed by atoms with Crippen LogP contribution in [0, 0.1) is 0 Å². The first-order chi connectivity index (χ1) is 15.5. The van der Waals surface area contributed by atoms with Crippen molar-refractivity contribution in [2.75, 3.05) is 32.1 Å². The number of rotatable bonds is 6. The third-order valence-electron chi connectivity index (χ3n) is 7.27. The Balaban J connectivity index is 1.46. The molecule has 0 bridgehead atoms. The highest BCUT2D eigenvalue weighted by molar-refractivity contribution is 5.83. The Bertz CT molecular complexity index is 1150. The number of alkyl halides is 1. The Kier molecular flexibility index (Phi) is 4.62. The van der Waals surface area contributed by atoms with Gasteiger partial charge in [0.05, 0.1) is 30.9 Å². The molecule has 0 amide bonds. The smallest absolute Gasteiger partial charge is 0.129 e. The summed E-state index contributed by atoms with van der Waals surface area (Å²) < 4.78 is 20.9. The van der Waals surface area contributed by atoms with E-state index in [0.29, 0.717) is 25.4 Å². The van der Waals surface area contributed by atoms with Crippen LogP contribution in [-0.4, -0.2) is 64.6 Å². The Labute approximate surface area is 186 Å². The molecule has 32 heavy (non-hydrogen) atoms. The maximum Gasteiger partial charge on any atom is 0.129 e. The van der Waals surface area contributed by atoms with Crippen LogP contribution < -0.4 is 15.4 Å². The molecule has 2 fully saturated rings. The molecule has 2 atom stereocenters. The number of nitrogens with zero attached hydrogens (tertiary/aromatic N) is 3. The van der Waals surface area contributed by atoms with Crippen LogP contribution in [0.3, 0.4) is 0 Å². The zero-order valence-corrected chi connectivity index (χ0v) is 18.5. The number of fused-ring (bicyclic) bond motifs is 3. The summed E-state index contributed by atoms with van der Waals surface area (Å²) in [5.41, 5.74) is 3.39. The number of pyridine rings is 1. The zero-order valence-electron chi connectivity index (χ0n) is 18.5. The molecule has 3 aromatic rings. The van der Waals surface area contributed by atoms with E-state index < -0.39 is 5.67 Å². The largest absolute Gasteiger partial charge is 0.496 e. The van der Waals surface area contributed by atoms with Gasteiger partial charge in [-0.15, -0.1) is 0 Å². The molecular weight excluding hydrogens is 407 g/mol. The second-order valence-corrected chi connectivity index (χ2v) is 9.55. The standard InChI is InChI=1S/C24H29FN6O/c1-14-7-17-16(3-4-20-18(17)12-28-30-20)23(31(14)13-24(25)5-6-24)19-11-27-22(8-21(19)32-2)29-15-9-26-10-15/h3-4,8,11-12,14-15,23,26H,5-7,9-10,13H2,1-2H3,(H,27,29)(H,28,30)/t14-,23+/m1/s1. The van der Waals surface area contributed by atoms with Crippen LogP contribution in [0.1, 0.15) is 42.5 Å². The lowest BCUT2D eigenvalue weighted by Crippen LogP contribution is -2.51. The highest BCUT2D eigenvalue weighted by Gasteiger charge is 2.48. The van der Waals surface area contributed by atoms with Gasteiger partial charge in [-0.3, -0.25) is 10.00 Å². The number of hydrogen-bond acceptors (Lipinski definition) is 6. The predicted octanol–water partition coefficient (Wildman–Crippen LogP) is 3.19. The molecule has 168 valence electrons. The summed E-state index contributed by atoms with van der Waals surface area (Å²) >= 11 is 0. The number of benzene rings is 1. The van der Waals surface area contributed by atoms with Gasteiger partial charge in [0.2, 0.25) is 0 Å². The number of ether oxygens (including phenoxy) is 1. The number of methoxy groups -OCH3 is 1. The van der Waals surface area contributed by atoms with Gasteiger partial charge in [-0.2, -0.15) is 5.10 Å². The van der Waals surface area contributed by atoms with E-state index in [2.05, 4.69) is 44.8 Å². The fourth-order valence-corrected chi connectivity index (χ4v) is 5.15. The minimum absolute atomic E-state index is 0.122. The first-order valence-electron chi connectivity index (χ1n) is 11.5. The van der Waals surface area contributed by atoms with Crippen LogP contribution in [0.2, 0.25) is 0 Å². The van der Waals surface area contributed by atoms with Gasteiger partial charge in [-0.25, -0.2) is 9.37 Å². The van der Waals surface area contributed by atoms with Gasteiger partial charge in [-0.05, 0) is 43.4 Å². The lowest BCUT2D eigenvalue weighted by molar-refractivity contribution is 0.0972. The fourth-order valence-electron chi connectivity index (χ4n) is 5.15. The van der Waals surface area contributed by atoms with E-state index in [-0.39, 0.29) is 12.1 Å². The van der Waals surface area contributed by atoms with Crippen molar-refractivity contribution in [3.63, 3.8) is 0 Å². The summed E-state index contributed by atoms with van der Waals surface area (Å²) in [6.45, 7) is 4.50. The monoisotopic (exact) mass is 436 g/mol. The van der Waals surface area contributed by atoms with Crippen LogP contribution in [0.15, 0.2) is 30.6 Å². The number of nitrogens with one attached hydrogen (secondary N) is 3. The average molecular weight is 437 g/mol. The van der Waals surface area contributed by atoms with Crippen molar-refractivity contribution < 1.29 is 9.13 Å². The number of hydrogen-bond donors (Lipinski definition) is 3. The molecule has 1 aliphatic carbocycles. The van der Waals surface area contributed by atoms with Gasteiger partial charge < -0.3 is 15.4 Å². The quantitative estimate of drug-likeness (QED) is 0.551. The van der Waals surface area contributed by atoms with Crippen molar-refractivity contribution in [3.8, 4) is 5.75 Å². The molecular formula is C24H29FN6O. The fraction of sp³-hybridized carbons (Fsp3) is 0.500. The summed E-state index contributed by atoms with van der Waals surface area (Å²) in [5, 5.41) is 15.2. The Morgan fingerprint density at radius 3 is 2.81 bits per heavy atom. The van der Waals surface area contributed by atoms with Crippen molar-refractivity contribution in [2.24, 2.45) is 0 Å². The highest BCUT2D eigenvalue weighted by Crippen LogP contribution is 2.48. The highest BCUT2D eigenvalue weighted by atomic mass is 19.1. The molecule has 0 spiro atoms. The van der Waals surface area contributed by atoms with E-state index in [4.69, 9.17) is 9.72 Å². The van der Waals surface area contributed by atoms with E-state index in [1.165, 1.54) is 11.1 Å². The number of halogens is 1. The molecule has 7 nitrogen and oxygen atoms in total. The second-order valence-electron chi connectivity index (χ2n) is 9.55. The van der Waals surface area contributed by atoms with Gasteiger partial charge in [0.1, 0.15) is 17.2 Å². The molecule has 3 aliphatic rings. The average Bonchev–Trinajstić information content (AvgIpc) is 3.29. The van der Waals surface area contributed by atoms with E-state index in [0.717, 1.165) is 47.5 Å². The van der Waals surface area contributed by atoms with Gasteiger partial charge in [0.25, 0.3) is 0 Å². The van der Waals surface area contributed by atoms with Crippen LogP contribution in [0.25, 0.3) is 10.9 Å². The van der Waals surface area contributed by atoms with Crippen molar-refractivity contribution in [3.05, 3.63) is 47.3 Å². The molecule has 8 heteroatoms. The molecule has 1 saturated heterocycles. The van der Waals surface area contributed by atoms with Gasteiger partial charge in [0, 0.05) is 48.9 Å². The lowest BCUT2D eigenvalue weighted by atomic mass is 9.83. The molecule has 4 heterocycles. The minimum Gasteiger partial charge on any atom is -0.496 e. The third-order valence-corrected chi connectivity index (χ3v) is 7.27. The van der Waals surface area contributed by atoms with Crippen molar-refractivity contribution >= 4 is 16.7 Å². The molecule has 6 rings (SSSR count). The Morgan fingerprint density at radius 2 is 2.09 bits per heavy atom. The maximum atomic E-state index is 15.0. The van der Waals surface area contributed by atoms with E-state index >= 15 is 4.39 Å². The summed E-state index contributed by atoms with van der Waals surface area (Å²) in [6.07, 6.45) is 5.96. The normalized spacial score (nSPS) is 24.7. The molecule has 2 aliphatic heterocycles. The Hall–Kier alpha value is -2.71. The summed E-state index contributed by atoms with van der Waals surface area (Å²) in [4.78, 5) is 7.03. The first-order valence-corrected chi connectivity index (χ1v) is 11.5. The second kappa shape index (κ2) is 7.42. The molecule has 1 aromatic carbocycles. The summed E-state index contributed by atoms with van der Waals surface area (Å²) in [5.74, 6) is 1.59. The van der Waals surface area contributed by atoms with Crippen molar-refractivity contribution in [1.29, 1.82) is 0 Å². The summed E-state index contributed by atoms with van der Waals surface area (Å²) in [7, 11) is 1.70. The Morgan fingerprint density at radius 1 is 1.25 bits per heavy atom. The minimum atomic E-state index is -1.08. The van der Waals surface area contributed by atoms with Gasteiger partial charge in [-0.1, -0.05) is 6.07 Å². The predicted molar refractivity (Wildman–Crippen MR) is 122 cm³/mol. The molecule has 1 saturated carbocycles.